The molecule has 5 nitrogen and oxygen atoms in total. The Kier molecular flexibility index (Phi) is 4.12. The van der Waals surface area contributed by atoms with Crippen LogP contribution in [0.5, 0.6) is 0 Å². The molecule has 0 spiro atoms. The summed E-state index contributed by atoms with van der Waals surface area (Å²) in [6, 6.07) is 18.2. The Morgan fingerprint density at radius 1 is 1.16 bits per heavy atom. The molecule has 1 aromatic heterocycles. The van der Waals surface area contributed by atoms with Crippen LogP contribution in [-0.2, 0) is 6.54 Å². The Morgan fingerprint density at radius 2 is 1.96 bits per heavy atom. The smallest absolute Gasteiger partial charge is 0.206 e. The van der Waals surface area contributed by atoms with Crippen LogP contribution in [0.25, 0.3) is 11.0 Å². The number of para-hydroxylation sites is 2. The van der Waals surface area contributed by atoms with Crippen molar-refractivity contribution < 1.29 is 0 Å². The molecule has 0 saturated carbocycles. The van der Waals surface area contributed by atoms with E-state index in [4.69, 9.17) is 16.0 Å². The molecular formula is C20H21N5. The molecule has 25 heavy (non-hydrogen) atoms. The van der Waals surface area contributed by atoms with Crippen molar-refractivity contribution in [3.05, 3.63) is 59.7 Å². The maximum absolute atomic E-state index is 8.98. The summed E-state index contributed by atoms with van der Waals surface area (Å²) in [4.78, 5) is 7.24. The van der Waals surface area contributed by atoms with E-state index in [-0.39, 0.29) is 0 Å². The van der Waals surface area contributed by atoms with Gasteiger partial charge in [0.25, 0.3) is 0 Å². The van der Waals surface area contributed by atoms with Crippen molar-refractivity contribution in [1.29, 1.82) is 5.26 Å². The topological polar surface area (TPSA) is 70.9 Å². The van der Waals surface area contributed by atoms with Gasteiger partial charge in [0.1, 0.15) is 0 Å². The number of fused-ring (bicyclic) bond motifs is 1. The van der Waals surface area contributed by atoms with Crippen LogP contribution in [0.15, 0.2) is 48.5 Å². The third kappa shape index (κ3) is 2.97. The summed E-state index contributed by atoms with van der Waals surface area (Å²) in [6.45, 7) is 3.43. The van der Waals surface area contributed by atoms with E-state index in [0.29, 0.717) is 11.5 Å². The molecule has 1 atom stereocenters. The summed E-state index contributed by atoms with van der Waals surface area (Å²) < 4.78 is 2.27. The number of anilines is 1. The average Bonchev–Trinajstić information content (AvgIpc) is 3.27. The van der Waals surface area contributed by atoms with Gasteiger partial charge in [0, 0.05) is 13.1 Å². The van der Waals surface area contributed by atoms with Crippen molar-refractivity contribution in [3.8, 4) is 6.07 Å². The third-order valence-corrected chi connectivity index (χ3v) is 4.96. The average molecular weight is 331 g/mol. The van der Waals surface area contributed by atoms with Crippen molar-refractivity contribution in [2.24, 2.45) is 11.7 Å². The normalized spacial score (nSPS) is 17.1. The molecule has 1 aliphatic heterocycles. The van der Waals surface area contributed by atoms with Crippen molar-refractivity contribution in [3.63, 3.8) is 0 Å². The number of imidazole rings is 1. The minimum atomic E-state index is 0.545. The van der Waals surface area contributed by atoms with E-state index in [0.717, 1.165) is 55.1 Å². The Morgan fingerprint density at radius 3 is 2.68 bits per heavy atom. The van der Waals surface area contributed by atoms with E-state index in [1.807, 2.05) is 30.3 Å². The van der Waals surface area contributed by atoms with Crippen LogP contribution in [0.4, 0.5) is 5.95 Å². The van der Waals surface area contributed by atoms with Gasteiger partial charge < -0.3 is 15.2 Å². The van der Waals surface area contributed by atoms with Crippen molar-refractivity contribution >= 4 is 17.0 Å². The fraction of sp³-hybridized carbons (Fsp3) is 0.300. The second-order valence-corrected chi connectivity index (χ2v) is 6.63. The molecule has 2 heterocycles. The molecule has 4 rings (SSSR count). The first-order valence-corrected chi connectivity index (χ1v) is 8.68. The summed E-state index contributed by atoms with van der Waals surface area (Å²) >= 11 is 0. The fourth-order valence-corrected chi connectivity index (χ4v) is 3.53. The van der Waals surface area contributed by atoms with E-state index in [1.54, 1.807) is 0 Å². The van der Waals surface area contributed by atoms with Gasteiger partial charge in [-0.3, -0.25) is 0 Å². The highest BCUT2D eigenvalue weighted by Crippen LogP contribution is 2.28. The highest BCUT2D eigenvalue weighted by molar-refractivity contribution is 5.79. The largest absolute Gasteiger partial charge is 0.342 e. The van der Waals surface area contributed by atoms with Crippen LogP contribution < -0.4 is 10.6 Å². The van der Waals surface area contributed by atoms with Gasteiger partial charge in [0.05, 0.1) is 29.2 Å². The third-order valence-electron chi connectivity index (χ3n) is 4.96. The fourth-order valence-electron chi connectivity index (χ4n) is 3.53. The quantitative estimate of drug-likeness (QED) is 0.798. The predicted octanol–water partition coefficient (Wildman–Crippen LogP) is 2.74. The first-order chi connectivity index (χ1) is 12.3. The molecule has 2 aromatic carbocycles. The van der Waals surface area contributed by atoms with Crippen molar-refractivity contribution in [2.45, 2.75) is 13.0 Å². The van der Waals surface area contributed by atoms with Gasteiger partial charge in [-0.15, -0.1) is 0 Å². The maximum atomic E-state index is 8.98. The monoisotopic (exact) mass is 331 g/mol. The minimum Gasteiger partial charge on any atom is -0.342 e. The van der Waals surface area contributed by atoms with Gasteiger partial charge in [0.2, 0.25) is 5.95 Å². The lowest BCUT2D eigenvalue weighted by atomic mass is 10.1. The predicted molar refractivity (Wildman–Crippen MR) is 99.4 cm³/mol. The molecule has 1 fully saturated rings. The van der Waals surface area contributed by atoms with E-state index in [9.17, 15) is 0 Å². The van der Waals surface area contributed by atoms with Gasteiger partial charge in [-0.05, 0) is 48.7 Å². The second-order valence-electron chi connectivity index (χ2n) is 6.63. The first kappa shape index (κ1) is 15.7. The number of nitrogens with zero attached hydrogens (tertiary/aromatic N) is 4. The molecule has 0 aliphatic carbocycles. The van der Waals surface area contributed by atoms with Crippen LogP contribution in [0.2, 0.25) is 0 Å². The Balaban J connectivity index is 1.72. The molecule has 0 radical (unpaired) electrons. The van der Waals surface area contributed by atoms with E-state index >= 15 is 0 Å². The zero-order chi connectivity index (χ0) is 17.2. The van der Waals surface area contributed by atoms with Crippen molar-refractivity contribution in [1.82, 2.24) is 9.55 Å². The lowest BCUT2D eigenvalue weighted by Crippen LogP contribution is -2.25. The van der Waals surface area contributed by atoms with E-state index in [1.165, 1.54) is 0 Å². The molecule has 1 saturated heterocycles. The van der Waals surface area contributed by atoms with Crippen LogP contribution in [0.1, 0.15) is 17.5 Å². The van der Waals surface area contributed by atoms with E-state index < -0.39 is 0 Å². The molecule has 126 valence electrons. The first-order valence-electron chi connectivity index (χ1n) is 8.68. The number of rotatable bonds is 4. The molecule has 3 aromatic rings. The Bertz CT molecular complexity index is 919. The Hall–Kier alpha value is -2.84. The minimum absolute atomic E-state index is 0.545. The SMILES string of the molecule is N#Cc1ccc(Cn2c(N3CC[C@H](CN)C3)nc3ccccc32)cc1. The highest BCUT2D eigenvalue weighted by Gasteiger charge is 2.25. The lowest BCUT2D eigenvalue weighted by Gasteiger charge is -2.19. The summed E-state index contributed by atoms with van der Waals surface area (Å²) in [5.41, 5.74) is 9.86. The number of aromatic nitrogens is 2. The van der Waals surface area contributed by atoms with Gasteiger partial charge in [-0.1, -0.05) is 24.3 Å². The van der Waals surface area contributed by atoms with Gasteiger partial charge in [-0.2, -0.15) is 5.26 Å². The lowest BCUT2D eigenvalue weighted by molar-refractivity contribution is 0.600. The summed E-state index contributed by atoms with van der Waals surface area (Å²) in [5, 5.41) is 8.98. The van der Waals surface area contributed by atoms with Gasteiger partial charge in [0.15, 0.2) is 0 Å². The number of hydrogen-bond donors (Lipinski definition) is 1. The molecule has 0 amide bonds. The number of benzene rings is 2. The Labute approximate surface area is 147 Å². The molecule has 0 bridgehead atoms. The standard InChI is InChI=1S/C20H21N5/c21-11-15-5-7-16(8-6-15)14-25-19-4-2-1-3-18(19)23-20(25)24-10-9-17(12-22)13-24/h1-8,17H,9-10,12-14,22H2/t17-/m1/s1. The maximum Gasteiger partial charge on any atom is 0.206 e. The molecule has 1 aliphatic rings. The number of nitrogens with two attached hydrogens (primary N) is 1. The summed E-state index contributed by atoms with van der Waals surface area (Å²) in [5.74, 6) is 1.56. The molecular weight excluding hydrogens is 310 g/mol. The summed E-state index contributed by atoms with van der Waals surface area (Å²) in [6.07, 6.45) is 1.12. The van der Waals surface area contributed by atoms with Crippen LogP contribution >= 0.6 is 0 Å². The summed E-state index contributed by atoms with van der Waals surface area (Å²) in [7, 11) is 0. The van der Waals surface area contributed by atoms with Gasteiger partial charge >= 0.3 is 0 Å². The molecule has 5 heteroatoms. The van der Waals surface area contributed by atoms with Crippen LogP contribution in [-0.4, -0.2) is 29.2 Å². The van der Waals surface area contributed by atoms with Gasteiger partial charge in [-0.25, -0.2) is 4.98 Å². The zero-order valence-corrected chi connectivity index (χ0v) is 14.1. The zero-order valence-electron chi connectivity index (χ0n) is 14.1. The molecule has 0 unspecified atom stereocenters. The van der Waals surface area contributed by atoms with Crippen molar-refractivity contribution in [2.75, 3.05) is 24.5 Å². The van der Waals surface area contributed by atoms with Crippen LogP contribution in [0, 0.1) is 17.2 Å². The van der Waals surface area contributed by atoms with E-state index in [2.05, 4.69) is 33.7 Å². The molecule has 2 N–H and O–H groups in total. The highest BCUT2D eigenvalue weighted by atomic mass is 15.3. The number of hydrogen-bond acceptors (Lipinski definition) is 4. The second kappa shape index (κ2) is 6.58. The van der Waals surface area contributed by atoms with Crippen LogP contribution in [0.3, 0.4) is 0 Å². The number of nitriles is 1.